The van der Waals surface area contributed by atoms with E-state index in [1.54, 1.807) is 13.0 Å². The van der Waals surface area contributed by atoms with Crippen molar-refractivity contribution < 1.29 is 17.9 Å². The van der Waals surface area contributed by atoms with E-state index in [1.807, 2.05) is 0 Å². The number of rotatable bonds is 5. The molecule has 2 aromatic rings. The minimum atomic E-state index is -4.71. The minimum absolute atomic E-state index is 0.312. The average Bonchev–Trinajstić information content (AvgIpc) is 2.78. The number of aromatic amines is 1. The summed E-state index contributed by atoms with van der Waals surface area (Å²) in [7, 11) is 1.52. The van der Waals surface area contributed by atoms with Crippen LogP contribution in [0.15, 0.2) is 16.9 Å². The zero-order chi connectivity index (χ0) is 16.3. The predicted octanol–water partition coefficient (Wildman–Crippen LogP) is 1.34. The molecule has 0 radical (unpaired) electrons. The maximum absolute atomic E-state index is 12.7. The fourth-order valence-corrected chi connectivity index (χ4v) is 1.76. The summed E-state index contributed by atoms with van der Waals surface area (Å²) in [6.45, 7) is 2.49. The number of H-pyrrole nitrogens is 1. The minimum Gasteiger partial charge on any atom is -0.383 e. The summed E-state index contributed by atoms with van der Waals surface area (Å²) < 4.78 is 44.2. The van der Waals surface area contributed by atoms with Gasteiger partial charge in [0.15, 0.2) is 5.69 Å². The van der Waals surface area contributed by atoms with Gasteiger partial charge in [-0.15, -0.1) is 0 Å². The summed E-state index contributed by atoms with van der Waals surface area (Å²) in [6, 6.07) is 2.02. The molecule has 0 aliphatic heterocycles. The van der Waals surface area contributed by atoms with E-state index >= 15 is 0 Å². The van der Waals surface area contributed by atoms with Crippen LogP contribution in [-0.2, 0) is 10.9 Å². The van der Waals surface area contributed by atoms with Crippen molar-refractivity contribution in [3.63, 3.8) is 0 Å². The lowest BCUT2D eigenvalue weighted by Crippen LogP contribution is -2.21. The molecule has 0 aliphatic carbocycles. The Balaban J connectivity index is 2.43. The van der Waals surface area contributed by atoms with E-state index in [1.165, 1.54) is 7.11 Å². The molecule has 2 aromatic heterocycles. The van der Waals surface area contributed by atoms with Gasteiger partial charge < -0.3 is 10.1 Å². The molecule has 2 heterocycles. The first kappa shape index (κ1) is 16.0. The second-order valence-electron chi connectivity index (χ2n) is 4.45. The van der Waals surface area contributed by atoms with Crippen molar-refractivity contribution in [2.24, 2.45) is 0 Å². The number of aryl methyl sites for hydroxylation is 1. The number of nitrogens with zero attached hydrogens (tertiary/aromatic N) is 3. The molecule has 7 nitrogen and oxygen atoms in total. The molecule has 0 aromatic carbocycles. The van der Waals surface area contributed by atoms with Crippen LogP contribution in [0.3, 0.4) is 0 Å². The predicted molar refractivity (Wildman–Crippen MR) is 72.1 cm³/mol. The molecule has 10 heteroatoms. The van der Waals surface area contributed by atoms with Crippen LogP contribution in [0.4, 0.5) is 19.0 Å². The molecule has 0 atom stereocenters. The molecule has 0 amide bonds. The highest BCUT2D eigenvalue weighted by Crippen LogP contribution is 2.27. The lowest BCUT2D eigenvalue weighted by molar-refractivity contribution is -0.141. The molecule has 0 saturated heterocycles. The van der Waals surface area contributed by atoms with Gasteiger partial charge >= 0.3 is 6.18 Å². The van der Waals surface area contributed by atoms with E-state index in [2.05, 4.69) is 20.4 Å². The summed E-state index contributed by atoms with van der Waals surface area (Å²) in [5.41, 5.74) is -1.63. The molecule has 0 bridgehead atoms. The Morgan fingerprint density at radius 2 is 2.14 bits per heavy atom. The van der Waals surface area contributed by atoms with E-state index in [-0.39, 0.29) is 5.95 Å². The van der Waals surface area contributed by atoms with Crippen LogP contribution in [0.5, 0.6) is 0 Å². The van der Waals surface area contributed by atoms with Crippen LogP contribution >= 0.6 is 0 Å². The van der Waals surface area contributed by atoms with Gasteiger partial charge in [0, 0.05) is 25.8 Å². The lowest BCUT2D eigenvalue weighted by atomic mass is 10.4. The highest BCUT2D eigenvalue weighted by Gasteiger charge is 2.33. The van der Waals surface area contributed by atoms with Crippen LogP contribution in [0.1, 0.15) is 11.4 Å². The fraction of sp³-hybridized carbons (Fsp3) is 0.417. The van der Waals surface area contributed by atoms with Gasteiger partial charge in [0.2, 0.25) is 5.95 Å². The zero-order valence-corrected chi connectivity index (χ0v) is 11.9. The van der Waals surface area contributed by atoms with E-state index in [9.17, 15) is 18.0 Å². The second kappa shape index (κ2) is 6.18. The number of hydrogen-bond donors (Lipinski definition) is 2. The number of methoxy groups -OCH3 is 1. The number of halogens is 3. The van der Waals surface area contributed by atoms with Gasteiger partial charge in [-0.25, -0.2) is 4.98 Å². The van der Waals surface area contributed by atoms with Gasteiger partial charge in [0.1, 0.15) is 5.82 Å². The maximum atomic E-state index is 12.7. The van der Waals surface area contributed by atoms with E-state index in [4.69, 9.17) is 4.74 Å². The maximum Gasteiger partial charge on any atom is 0.433 e. The molecule has 2 N–H and O–H groups in total. The van der Waals surface area contributed by atoms with Crippen molar-refractivity contribution in [3.05, 3.63) is 33.9 Å². The van der Waals surface area contributed by atoms with E-state index in [0.29, 0.717) is 30.7 Å². The Morgan fingerprint density at radius 1 is 1.41 bits per heavy atom. The number of anilines is 1. The number of hydrogen-bond acceptors (Lipinski definition) is 5. The van der Waals surface area contributed by atoms with Gasteiger partial charge in [-0.2, -0.15) is 23.0 Å². The highest BCUT2D eigenvalue weighted by molar-refractivity contribution is 5.41. The molecular formula is C12H14F3N5O2. The van der Waals surface area contributed by atoms with E-state index in [0.717, 1.165) is 4.68 Å². The van der Waals surface area contributed by atoms with Crippen molar-refractivity contribution in [1.82, 2.24) is 19.7 Å². The monoisotopic (exact) mass is 317 g/mol. The summed E-state index contributed by atoms with van der Waals surface area (Å²) in [6.07, 6.45) is -4.71. The van der Waals surface area contributed by atoms with Crippen molar-refractivity contribution in [3.8, 4) is 5.95 Å². The van der Waals surface area contributed by atoms with E-state index < -0.39 is 17.4 Å². The van der Waals surface area contributed by atoms with Crippen molar-refractivity contribution >= 4 is 5.82 Å². The first-order chi connectivity index (χ1) is 10.3. The SMILES string of the molecule is COCCNc1cc(C)nn1-c1nc(C(F)(F)F)cc(=O)[nH]1. The van der Waals surface area contributed by atoms with Crippen LogP contribution in [-0.4, -0.2) is 40.0 Å². The first-order valence-electron chi connectivity index (χ1n) is 6.29. The summed E-state index contributed by atoms with van der Waals surface area (Å²) >= 11 is 0. The average molecular weight is 317 g/mol. The summed E-state index contributed by atoms with van der Waals surface area (Å²) in [5, 5.41) is 6.98. The third kappa shape index (κ3) is 3.64. The van der Waals surface area contributed by atoms with Crippen LogP contribution in [0.2, 0.25) is 0 Å². The number of alkyl halides is 3. The molecule has 0 aliphatic rings. The quantitative estimate of drug-likeness (QED) is 0.813. The van der Waals surface area contributed by atoms with Gasteiger partial charge in [0.25, 0.3) is 5.56 Å². The van der Waals surface area contributed by atoms with Crippen LogP contribution < -0.4 is 10.9 Å². The van der Waals surface area contributed by atoms with Crippen molar-refractivity contribution in [2.75, 3.05) is 25.6 Å². The molecule has 0 unspecified atom stereocenters. The standard InChI is InChI=1S/C12H14F3N5O2/c1-7-5-9(16-3-4-22-2)20(19-7)11-17-8(12(13,14)15)6-10(21)18-11/h5-6,16H,3-4H2,1-2H3,(H,17,18,21). The number of nitrogens with one attached hydrogen (secondary N) is 2. The Hall–Kier alpha value is -2.36. The molecular weight excluding hydrogens is 303 g/mol. The largest absolute Gasteiger partial charge is 0.433 e. The third-order valence-corrected chi connectivity index (χ3v) is 2.66. The smallest absolute Gasteiger partial charge is 0.383 e. The third-order valence-electron chi connectivity index (χ3n) is 2.66. The zero-order valence-electron chi connectivity index (χ0n) is 11.9. The van der Waals surface area contributed by atoms with Gasteiger partial charge in [-0.1, -0.05) is 0 Å². The van der Waals surface area contributed by atoms with Crippen molar-refractivity contribution in [1.29, 1.82) is 0 Å². The Kier molecular flexibility index (Phi) is 4.50. The second-order valence-corrected chi connectivity index (χ2v) is 4.45. The molecule has 22 heavy (non-hydrogen) atoms. The molecule has 0 saturated carbocycles. The fourth-order valence-electron chi connectivity index (χ4n) is 1.76. The number of aromatic nitrogens is 4. The topological polar surface area (TPSA) is 84.8 Å². The Morgan fingerprint density at radius 3 is 2.77 bits per heavy atom. The summed E-state index contributed by atoms with van der Waals surface area (Å²) in [5.74, 6) is 0.0878. The summed E-state index contributed by atoms with van der Waals surface area (Å²) in [4.78, 5) is 17.1. The van der Waals surface area contributed by atoms with Crippen LogP contribution in [0.25, 0.3) is 5.95 Å². The molecule has 0 fully saturated rings. The molecule has 0 spiro atoms. The van der Waals surface area contributed by atoms with Gasteiger partial charge in [-0.05, 0) is 6.92 Å². The molecule has 120 valence electrons. The van der Waals surface area contributed by atoms with Gasteiger partial charge in [0.05, 0.1) is 12.3 Å². The lowest BCUT2D eigenvalue weighted by Gasteiger charge is -2.10. The highest BCUT2D eigenvalue weighted by atomic mass is 19.4. The molecule has 2 rings (SSSR count). The normalized spacial score (nSPS) is 11.7. The van der Waals surface area contributed by atoms with Gasteiger partial charge in [-0.3, -0.25) is 9.78 Å². The number of ether oxygens (including phenoxy) is 1. The first-order valence-corrected chi connectivity index (χ1v) is 6.29. The Bertz CT molecular complexity index is 708. The van der Waals surface area contributed by atoms with Crippen LogP contribution in [0, 0.1) is 6.92 Å². The Labute approximate surface area is 123 Å². The van der Waals surface area contributed by atoms with Crippen molar-refractivity contribution in [2.45, 2.75) is 13.1 Å².